The molecule has 0 saturated carbocycles. The van der Waals surface area contributed by atoms with E-state index in [1.165, 1.54) is 6.07 Å². The molecule has 0 unspecified atom stereocenters. The Hall–Kier alpha value is -2.18. The van der Waals surface area contributed by atoms with E-state index in [9.17, 15) is 9.59 Å². The van der Waals surface area contributed by atoms with Crippen LogP contribution in [0.2, 0.25) is 0 Å². The van der Waals surface area contributed by atoms with Crippen molar-refractivity contribution in [3.63, 3.8) is 0 Å². The van der Waals surface area contributed by atoms with Crippen LogP contribution in [0.3, 0.4) is 0 Å². The number of carbonyl (C=O) groups is 1. The van der Waals surface area contributed by atoms with Gasteiger partial charge in [-0.15, -0.1) is 12.4 Å². The second-order valence-corrected chi connectivity index (χ2v) is 5.25. The minimum Gasteiger partial charge on any atom is -0.349 e. The lowest BCUT2D eigenvalue weighted by molar-refractivity contribution is 0.0946. The maximum Gasteiger partial charge on any atom is 0.275 e. The predicted molar refractivity (Wildman–Crippen MR) is 97.3 cm³/mol. The van der Waals surface area contributed by atoms with Crippen LogP contribution in [0.5, 0.6) is 0 Å². The van der Waals surface area contributed by atoms with Crippen LogP contribution in [0.15, 0.2) is 41.2 Å². The van der Waals surface area contributed by atoms with Crippen LogP contribution in [0.25, 0.3) is 5.69 Å². The minimum absolute atomic E-state index is 0. The van der Waals surface area contributed by atoms with Gasteiger partial charge >= 0.3 is 0 Å². The Morgan fingerprint density at radius 2 is 1.88 bits per heavy atom. The number of hydrogen-bond donors (Lipinski definition) is 2. The summed E-state index contributed by atoms with van der Waals surface area (Å²) in [6.07, 6.45) is 1.04. The highest BCUT2D eigenvalue weighted by molar-refractivity contribution is 5.92. The molecule has 0 aliphatic rings. The smallest absolute Gasteiger partial charge is 0.275 e. The second kappa shape index (κ2) is 9.85. The molecule has 1 aromatic carbocycles. The number of nitrogens with one attached hydrogen (secondary N) is 2. The zero-order valence-electron chi connectivity index (χ0n) is 13.9. The van der Waals surface area contributed by atoms with Gasteiger partial charge in [-0.05, 0) is 32.0 Å². The molecule has 1 amide bonds. The standard InChI is InChI=1S/C17H22N4O2.ClH/c1-3-9-18-10-11-19-17(23)16-15(22)12-13(2)21(20-16)14-7-5-4-6-8-14;/h4-8,12,18H,3,9-11H2,1-2H3,(H,19,23);1H. The number of halogens is 1. The lowest BCUT2D eigenvalue weighted by Crippen LogP contribution is -2.36. The summed E-state index contributed by atoms with van der Waals surface area (Å²) >= 11 is 0. The molecule has 0 atom stereocenters. The first kappa shape index (κ1) is 19.9. The van der Waals surface area contributed by atoms with Crippen LogP contribution in [0, 0.1) is 6.92 Å². The van der Waals surface area contributed by atoms with Crippen molar-refractivity contribution in [1.82, 2.24) is 20.4 Å². The average Bonchev–Trinajstić information content (AvgIpc) is 2.55. The maximum absolute atomic E-state index is 12.2. The van der Waals surface area contributed by atoms with Gasteiger partial charge in [0.15, 0.2) is 5.69 Å². The molecule has 6 nitrogen and oxygen atoms in total. The van der Waals surface area contributed by atoms with Crippen molar-refractivity contribution in [3.8, 4) is 5.69 Å². The number of rotatable bonds is 7. The molecule has 1 heterocycles. The molecule has 0 spiro atoms. The van der Waals surface area contributed by atoms with Crippen LogP contribution in [0.4, 0.5) is 0 Å². The molecule has 0 aliphatic carbocycles. The molecule has 7 heteroatoms. The molecule has 2 N–H and O–H groups in total. The van der Waals surface area contributed by atoms with Crippen LogP contribution in [0.1, 0.15) is 29.5 Å². The fourth-order valence-electron chi connectivity index (χ4n) is 2.19. The molecule has 2 rings (SSSR count). The Bertz CT molecular complexity index is 716. The molecule has 0 fully saturated rings. The van der Waals surface area contributed by atoms with Crippen molar-refractivity contribution in [2.75, 3.05) is 19.6 Å². The van der Waals surface area contributed by atoms with E-state index in [1.807, 2.05) is 30.3 Å². The highest BCUT2D eigenvalue weighted by Crippen LogP contribution is 2.07. The number of hydrogen-bond acceptors (Lipinski definition) is 4. The molecular weight excluding hydrogens is 328 g/mol. The monoisotopic (exact) mass is 350 g/mol. The zero-order chi connectivity index (χ0) is 16.7. The van der Waals surface area contributed by atoms with Gasteiger partial charge in [-0.25, -0.2) is 4.68 Å². The Balaban J connectivity index is 0.00000288. The topological polar surface area (TPSA) is 76.0 Å². The number of aromatic nitrogens is 2. The van der Waals surface area contributed by atoms with E-state index in [1.54, 1.807) is 11.6 Å². The van der Waals surface area contributed by atoms with E-state index < -0.39 is 5.91 Å². The van der Waals surface area contributed by atoms with Gasteiger partial charge in [0.05, 0.1) is 5.69 Å². The van der Waals surface area contributed by atoms with Gasteiger partial charge in [-0.2, -0.15) is 5.10 Å². The van der Waals surface area contributed by atoms with Crippen molar-refractivity contribution in [2.24, 2.45) is 0 Å². The molecule has 130 valence electrons. The normalized spacial score (nSPS) is 10.1. The van der Waals surface area contributed by atoms with E-state index in [2.05, 4.69) is 22.7 Å². The number of nitrogens with zero attached hydrogens (tertiary/aromatic N) is 2. The SMILES string of the molecule is CCCNCCNC(=O)c1nn(-c2ccccc2)c(C)cc1=O.Cl. The first-order valence-electron chi connectivity index (χ1n) is 7.78. The van der Waals surface area contributed by atoms with Gasteiger partial charge in [-0.1, -0.05) is 25.1 Å². The highest BCUT2D eigenvalue weighted by Gasteiger charge is 2.14. The zero-order valence-corrected chi connectivity index (χ0v) is 14.7. The number of amides is 1. The molecule has 0 saturated heterocycles. The van der Waals surface area contributed by atoms with Crippen LogP contribution < -0.4 is 16.1 Å². The van der Waals surface area contributed by atoms with Gasteiger partial charge in [-0.3, -0.25) is 9.59 Å². The second-order valence-electron chi connectivity index (χ2n) is 5.25. The highest BCUT2D eigenvalue weighted by atomic mass is 35.5. The average molecular weight is 351 g/mol. The van der Waals surface area contributed by atoms with Crippen LogP contribution in [-0.2, 0) is 0 Å². The lowest BCUT2D eigenvalue weighted by atomic mass is 10.2. The summed E-state index contributed by atoms with van der Waals surface area (Å²) in [4.78, 5) is 24.2. The first-order valence-corrected chi connectivity index (χ1v) is 7.78. The van der Waals surface area contributed by atoms with Gasteiger partial charge in [0, 0.05) is 24.8 Å². The molecule has 24 heavy (non-hydrogen) atoms. The molecule has 0 aliphatic heterocycles. The van der Waals surface area contributed by atoms with Gasteiger partial charge in [0.1, 0.15) is 0 Å². The lowest BCUT2D eigenvalue weighted by Gasteiger charge is -2.11. The Labute approximate surface area is 147 Å². The van der Waals surface area contributed by atoms with Gasteiger partial charge < -0.3 is 10.6 Å². The maximum atomic E-state index is 12.2. The van der Waals surface area contributed by atoms with E-state index in [4.69, 9.17) is 0 Å². The van der Waals surface area contributed by atoms with E-state index in [-0.39, 0.29) is 23.5 Å². The van der Waals surface area contributed by atoms with Crippen molar-refractivity contribution in [3.05, 3.63) is 58.0 Å². The third kappa shape index (κ3) is 5.18. The van der Waals surface area contributed by atoms with Crippen molar-refractivity contribution in [2.45, 2.75) is 20.3 Å². The number of aryl methyl sites for hydroxylation is 1. The van der Waals surface area contributed by atoms with E-state index >= 15 is 0 Å². The minimum atomic E-state index is -0.446. The fourth-order valence-corrected chi connectivity index (χ4v) is 2.19. The molecule has 1 aromatic heterocycles. The molecule has 0 bridgehead atoms. The first-order chi connectivity index (χ1) is 11.1. The third-order valence-electron chi connectivity index (χ3n) is 3.34. The Morgan fingerprint density at radius 1 is 1.17 bits per heavy atom. The molecular formula is C17H23ClN4O2. The third-order valence-corrected chi connectivity index (χ3v) is 3.34. The van der Waals surface area contributed by atoms with Crippen molar-refractivity contribution < 1.29 is 4.79 Å². The van der Waals surface area contributed by atoms with E-state index in [0.29, 0.717) is 18.8 Å². The Morgan fingerprint density at radius 3 is 2.54 bits per heavy atom. The summed E-state index contributed by atoms with van der Waals surface area (Å²) in [6, 6.07) is 10.9. The quantitative estimate of drug-likeness (QED) is 0.745. The predicted octanol–water partition coefficient (Wildman–Crippen LogP) is 1.69. The van der Waals surface area contributed by atoms with Crippen LogP contribution in [-0.4, -0.2) is 35.3 Å². The summed E-state index contributed by atoms with van der Waals surface area (Å²) in [5, 5.41) is 10.1. The summed E-state index contributed by atoms with van der Waals surface area (Å²) in [7, 11) is 0. The Kier molecular flexibility index (Phi) is 8.15. The largest absolute Gasteiger partial charge is 0.349 e. The summed E-state index contributed by atoms with van der Waals surface area (Å²) < 4.78 is 1.60. The number of benzene rings is 1. The van der Waals surface area contributed by atoms with Gasteiger partial charge in [0.2, 0.25) is 5.43 Å². The summed E-state index contributed by atoms with van der Waals surface area (Å²) in [6.45, 7) is 5.89. The summed E-state index contributed by atoms with van der Waals surface area (Å²) in [5.74, 6) is -0.446. The summed E-state index contributed by atoms with van der Waals surface area (Å²) in [5.41, 5.74) is 1.04. The van der Waals surface area contributed by atoms with Crippen LogP contribution >= 0.6 is 12.4 Å². The number of carbonyl (C=O) groups excluding carboxylic acids is 1. The van der Waals surface area contributed by atoms with Crippen molar-refractivity contribution in [1.29, 1.82) is 0 Å². The van der Waals surface area contributed by atoms with Crippen molar-refractivity contribution >= 4 is 18.3 Å². The van der Waals surface area contributed by atoms with E-state index in [0.717, 1.165) is 18.7 Å². The van der Waals surface area contributed by atoms with Gasteiger partial charge in [0.25, 0.3) is 5.91 Å². The number of para-hydroxylation sites is 1. The fraction of sp³-hybridized carbons (Fsp3) is 0.353. The molecule has 0 radical (unpaired) electrons. The molecule has 2 aromatic rings.